The summed E-state index contributed by atoms with van der Waals surface area (Å²) in [5.74, 6) is 0.581. The average Bonchev–Trinajstić information content (AvgIpc) is 2.20. The molecule has 1 aromatic carbocycles. The van der Waals surface area contributed by atoms with Gasteiger partial charge in [0.15, 0.2) is 0 Å². The highest BCUT2D eigenvalue weighted by atomic mass is 16.3. The van der Waals surface area contributed by atoms with Crippen molar-refractivity contribution in [3.8, 4) is 5.75 Å². The molecule has 0 bridgehead atoms. The van der Waals surface area contributed by atoms with Crippen molar-refractivity contribution >= 4 is 5.78 Å². The Morgan fingerprint density at radius 1 is 1.35 bits per heavy atom. The number of hydrogen-bond acceptors (Lipinski definition) is 2. The lowest BCUT2D eigenvalue weighted by atomic mass is 9.79. The SMILES string of the molecule is CC(=O)CCCC(C)(C)c1cc(C)ccc1O. The van der Waals surface area contributed by atoms with Gasteiger partial charge in [-0.15, -0.1) is 0 Å². The molecule has 0 aromatic heterocycles. The van der Waals surface area contributed by atoms with Gasteiger partial charge in [-0.1, -0.05) is 31.5 Å². The molecule has 1 rings (SSSR count). The van der Waals surface area contributed by atoms with E-state index in [9.17, 15) is 9.90 Å². The van der Waals surface area contributed by atoms with Gasteiger partial charge in [-0.2, -0.15) is 0 Å². The smallest absolute Gasteiger partial charge is 0.129 e. The van der Waals surface area contributed by atoms with Gasteiger partial charge in [-0.3, -0.25) is 0 Å². The van der Waals surface area contributed by atoms with Crippen molar-refractivity contribution in [2.24, 2.45) is 0 Å². The molecule has 0 radical (unpaired) electrons. The number of carbonyl (C=O) groups excluding carboxylic acids is 1. The van der Waals surface area contributed by atoms with Crippen molar-refractivity contribution in [2.45, 2.75) is 52.4 Å². The predicted molar refractivity (Wildman–Crippen MR) is 70.4 cm³/mol. The Balaban J connectivity index is 2.81. The molecule has 0 saturated heterocycles. The third-order valence-corrected chi connectivity index (χ3v) is 3.21. The van der Waals surface area contributed by atoms with E-state index in [-0.39, 0.29) is 11.2 Å². The topological polar surface area (TPSA) is 37.3 Å². The molecule has 0 fully saturated rings. The van der Waals surface area contributed by atoms with Gasteiger partial charge in [-0.05, 0) is 43.7 Å². The summed E-state index contributed by atoms with van der Waals surface area (Å²) in [4.78, 5) is 10.9. The van der Waals surface area contributed by atoms with Crippen LogP contribution in [0.25, 0.3) is 0 Å². The van der Waals surface area contributed by atoms with Crippen molar-refractivity contribution in [1.82, 2.24) is 0 Å². The zero-order valence-electron chi connectivity index (χ0n) is 11.2. The molecule has 0 atom stereocenters. The van der Waals surface area contributed by atoms with Crippen molar-refractivity contribution in [2.75, 3.05) is 0 Å². The second kappa shape index (κ2) is 5.35. The van der Waals surface area contributed by atoms with E-state index in [1.807, 2.05) is 19.1 Å². The summed E-state index contributed by atoms with van der Waals surface area (Å²) in [6.45, 7) is 7.87. The van der Waals surface area contributed by atoms with Crippen LogP contribution in [0.5, 0.6) is 5.75 Å². The summed E-state index contributed by atoms with van der Waals surface area (Å²) in [5, 5.41) is 9.91. The number of phenols is 1. The van der Waals surface area contributed by atoms with E-state index < -0.39 is 0 Å². The third-order valence-electron chi connectivity index (χ3n) is 3.21. The predicted octanol–water partition coefficient (Wildman–Crippen LogP) is 3.74. The first-order chi connectivity index (χ1) is 7.83. The van der Waals surface area contributed by atoms with E-state index in [0.29, 0.717) is 12.2 Å². The molecule has 0 unspecified atom stereocenters. The fourth-order valence-electron chi connectivity index (χ4n) is 2.11. The lowest BCUT2D eigenvalue weighted by Gasteiger charge is -2.26. The van der Waals surface area contributed by atoms with Crippen LogP contribution in [0.3, 0.4) is 0 Å². The Hall–Kier alpha value is -1.31. The molecule has 0 aliphatic carbocycles. The summed E-state index contributed by atoms with van der Waals surface area (Å²) in [6.07, 6.45) is 2.40. The van der Waals surface area contributed by atoms with E-state index in [4.69, 9.17) is 0 Å². The van der Waals surface area contributed by atoms with E-state index in [1.165, 1.54) is 0 Å². The Morgan fingerprint density at radius 3 is 2.59 bits per heavy atom. The van der Waals surface area contributed by atoms with Gasteiger partial charge in [0.05, 0.1) is 0 Å². The Labute approximate surface area is 104 Å². The zero-order chi connectivity index (χ0) is 13.1. The molecule has 0 saturated carbocycles. The molecule has 2 heteroatoms. The lowest BCUT2D eigenvalue weighted by molar-refractivity contribution is -0.117. The van der Waals surface area contributed by atoms with Crippen LogP contribution in [0.4, 0.5) is 0 Å². The van der Waals surface area contributed by atoms with E-state index >= 15 is 0 Å². The van der Waals surface area contributed by atoms with Crippen molar-refractivity contribution in [1.29, 1.82) is 0 Å². The molecule has 2 nitrogen and oxygen atoms in total. The first-order valence-electron chi connectivity index (χ1n) is 6.12. The van der Waals surface area contributed by atoms with Gasteiger partial charge >= 0.3 is 0 Å². The number of aryl methyl sites for hydroxylation is 1. The number of phenolic OH excluding ortho intramolecular Hbond substituents is 1. The van der Waals surface area contributed by atoms with Gasteiger partial charge in [-0.25, -0.2) is 0 Å². The van der Waals surface area contributed by atoms with Crippen LogP contribution in [-0.4, -0.2) is 10.9 Å². The normalized spacial score (nSPS) is 11.5. The summed E-state index contributed by atoms with van der Waals surface area (Å²) < 4.78 is 0. The second-order valence-corrected chi connectivity index (χ2v) is 5.46. The van der Waals surface area contributed by atoms with Crippen LogP contribution >= 0.6 is 0 Å². The van der Waals surface area contributed by atoms with Crippen LogP contribution in [0, 0.1) is 6.92 Å². The second-order valence-electron chi connectivity index (χ2n) is 5.46. The van der Waals surface area contributed by atoms with Crippen LogP contribution in [0.2, 0.25) is 0 Å². The van der Waals surface area contributed by atoms with Crippen molar-refractivity contribution in [3.05, 3.63) is 29.3 Å². The number of aromatic hydroxyl groups is 1. The van der Waals surface area contributed by atoms with Gasteiger partial charge in [0.25, 0.3) is 0 Å². The Morgan fingerprint density at radius 2 is 2.00 bits per heavy atom. The largest absolute Gasteiger partial charge is 0.508 e. The Kier molecular flexibility index (Phi) is 4.33. The van der Waals surface area contributed by atoms with Gasteiger partial charge in [0.1, 0.15) is 11.5 Å². The van der Waals surface area contributed by atoms with Crippen LogP contribution < -0.4 is 0 Å². The van der Waals surface area contributed by atoms with E-state index in [0.717, 1.165) is 24.0 Å². The molecule has 1 N–H and O–H groups in total. The first kappa shape index (κ1) is 13.8. The maximum absolute atomic E-state index is 10.9. The summed E-state index contributed by atoms with van der Waals surface area (Å²) in [7, 11) is 0. The lowest BCUT2D eigenvalue weighted by Crippen LogP contribution is -2.17. The molecule has 1 aromatic rings. The maximum atomic E-state index is 10.9. The maximum Gasteiger partial charge on any atom is 0.129 e. The zero-order valence-corrected chi connectivity index (χ0v) is 11.2. The highest BCUT2D eigenvalue weighted by molar-refractivity contribution is 5.75. The molecular formula is C15H22O2. The van der Waals surface area contributed by atoms with Crippen molar-refractivity contribution < 1.29 is 9.90 Å². The van der Waals surface area contributed by atoms with Crippen LogP contribution in [-0.2, 0) is 10.2 Å². The fraction of sp³-hybridized carbons (Fsp3) is 0.533. The van der Waals surface area contributed by atoms with Gasteiger partial charge in [0.2, 0.25) is 0 Å². The quantitative estimate of drug-likeness (QED) is 0.842. The minimum Gasteiger partial charge on any atom is -0.508 e. The molecule has 17 heavy (non-hydrogen) atoms. The Bertz CT molecular complexity index is 405. The summed E-state index contributed by atoms with van der Waals surface area (Å²) in [6, 6.07) is 5.69. The average molecular weight is 234 g/mol. The molecule has 0 heterocycles. The van der Waals surface area contributed by atoms with Crippen molar-refractivity contribution in [3.63, 3.8) is 0 Å². The molecule has 0 aliphatic heterocycles. The van der Waals surface area contributed by atoms with Crippen LogP contribution in [0.15, 0.2) is 18.2 Å². The number of Topliss-reactive ketones (excluding diaryl/α,β-unsaturated/α-hetero) is 1. The standard InChI is InChI=1S/C15H22O2/c1-11-7-8-14(17)13(10-11)15(3,4)9-5-6-12(2)16/h7-8,10,17H,5-6,9H2,1-4H3. The number of carbonyl (C=O) groups is 1. The number of hydrogen-bond donors (Lipinski definition) is 1. The summed E-state index contributed by atoms with van der Waals surface area (Å²) >= 11 is 0. The van der Waals surface area contributed by atoms with Gasteiger partial charge in [0, 0.05) is 6.42 Å². The summed E-state index contributed by atoms with van der Waals surface area (Å²) in [5.41, 5.74) is 2.03. The highest BCUT2D eigenvalue weighted by Crippen LogP contribution is 2.35. The monoisotopic (exact) mass is 234 g/mol. The fourth-order valence-corrected chi connectivity index (χ4v) is 2.11. The number of benzene rings is 1. The minimum atomic E-state index is -0.0917. The molecule has 94 valence electrons. The van der Waals surface area contributed by atoms with Gasteiger partial charge < -0.3 is 9.90 Å². The highest BCUT2D eigenvalue weighted by Gasteiger charge is 2.23. The number of ketones is 1. The first-order valence-corrected chi connectivity index (χ1v) is 6.12. The number of rotatable bonds is 5. The molecule has 0 amide bonds. The van der Waals surface area contributed by atoms with E-state index in [2.05, 4.69) is 13.8 Å². The molecule has 0 spiro atoms. The van der Waals surface area contributed by atoms with Crippen LogP contribution in [0.1, 0.15) is 51.2 Å². The van der Waals surface area contributed by atoms with E-state index in [1.54, 1.807) is 13.0 Å². The molecule has 0 aliphatic rings. The molecular weight excluding hydrogens is 212 g/mol. The minimum absolute atomic E-state index is 0.0917. The third kappa shape index (κ3) is 3.88.